The Hall–Kier alpha value is -1.46. The quantitative estimate of drug-likeness (QED) is 0.259. The number of hydrogen-bond acceptors (Lipinski definition) is 5. The van der Waals surface area contributed by atoms with Crippen LogP contribution in [0.1, 0.15) is 23.2 Å². The van der Waals surface area contributed by atoms with Crippen LogP contribution in [0.3, 0.4) is 0 Å². The van der Waals surface area contributed by atoms with Gasteiger partial charge in [0.1, 0.15) is 12.2 Å². The zero-order chi connectivity index (χ0) is 18.9. The first-order valence-corrected chi connectivity index (χ1v) is 11.0. The molecule has 152 valence electrons. The molecule has 0 radical (unpaired) electrons. The van der Waals surface area contributed by atoms with Crippen molar-refractivity contribution in [3.63, 3.8) is 0 Å². The molecule has 3 aromatic heterocycles. The van der Waals surface area contributed by atoms with Gasteiger partial charge >= 0.3 is 0 Å². The van der Waals surface area contributed by atoms with E-state index >= 15 is 0 Å². The van der Waals surface area contributed by atoms with E-state index < -0.39 is 0 Å². The number of hydrogen-bond donors (Lipinski definition) is 1. The maximum Gasteiger partial charge on any atom is 0.194 e. The van der Waals surface area contributed by atoms with Crippen molar-refractivity contribution in [1.29, 1.82) is 0 Å². The second-order valence-corrected chi connectivity index (χ2v) is 8.06. The lowest BCUT2D eigenvalue weighted by Crippen LogP contribution is -2.40. The van der Waals surface area contributed by atoms with Crippen molar-refractivity contribution in [3.8, 4) is 0 Å². The first-order valence-electron chi connectivity index (χ1n) is 9.16. The molecule has 0 amide bonds. The molecule has 0 spiro atoms. The maximum absolute atomic E-state index is 4.84. The molecule has 0 bridgehead atoms. The summed E-state index contributed by atoms with van der Waals surface area (Å²) in [6, 6.07) is 6.42. The minimum Gasteiger partial charge on any atom is -0.354 e. The van der Waals surface area contributed by atoms with Crippen molar-refractivity contribution in [2.75, 3.05) is 20.1 Å². The summed E-state index contributed by atoms with van der Waals surface area (Å²) in [5, 5.41) is 18.1. The SMILES string of the molecule is CCc1nncn1CCNC(=NCCc1cccs1)N(C)Cc1ccsc1.I. The molecule has 3 rings (SSSR count). The lowest BCUT2D eigenvalue weighted by atomic mass is 10.3. The highest BCUT2D eigenvalue weighted by Gasteiger charge is 2.08. The predicted molar refractivity (Wildman–Crippen MR) is 129 cm³/mol. The van der Waals surface area contributed by atoms with Crippen LogP contribution in [0.25, 0.3) is 0 Å². The van der Waals surface area contributed by atoms with E-state index in [4.69, 9.17) is 4.99 Å². The third kappa shape index (κ3) is 6.85. The Kier molecular flexibility index (Phi) is 9.93. The highest BCUT2D eigenvalue weighted by molar-refractivity contribution is 14.0. The molecule has 0 saturated heterocycles. The van der Waals surface area contributed by atoms with Crippen LogP contribution < -0.4 is 5.32 Å². The third-order valence-electron chi connectivity index (χ3n) is 4.21. The fraction of sp³-hybridized carbons (Fsp3) is 0.421. The normalized spacial score (nSPS) is 11.3. The second-order valence-electron chi connectivity index (χ2n) is 6.24. The van der Waals surface area contributed by atoms with Crippen molar-refractivity contribution in [2.45, 2.75) is 32.9 Å². The molecule has 0 aromatic carbocycles. The minimum absolute atomic E-state index is 0. The predicted octanol–water partition coefficient (Wildman–Crippen LogP) is 3.90. The molecule has 0 aliphatic heterocycles. The van der Waals surface area contributed by atoms with E-state index in [0.29, 0.717) is 0 Å². The van der Waals surface area contributed by atoms with Crippen LogP contribution in [0.15, 0.2) is 45.7 Å². The number of aromatic nitrogens is 3. The van der Waals surface area contributed by atoms with Crippen LogP contribution in [-0.2, 0) is 25.9 Å². The van der Waals surface area contributed by atoms with Gasteiger partial charge in [0.05, 0.1) is 0 Å². The summed E-state index contributed by atoms with van der Waals surface area (Å²) in [4.78, 5) is 8.40. The highest BCUT2D eigenvalue weighted by Crippen LogP contribution is 2.10. The number of nitrogens with one attached hydrogen (secondary N) is 1. The first-order chi connectivity index (χ1) is 13.3. The van der Waals surface area contributed by atoms with Gasteiger partial charge in [-0.15, -0.1) is 45.5 Å². The van der Waals surface area contributed by atoms with Crippen LogP contribution in [0, 0.1) is 0 Å². The standard InChI is InChI=1S/C19H26N6S2.HI/c1-3-18-23-22-15-25(18)10-9-21-19(20-8-6-17-5-4-11-27-17)24(2)13-16-7-12-26-14-16;/h4-5,7,11-12,14-15H,3,6,8-10,13H2,1-2H3,(H,20,21);1H. The van der Waals surface area contributed by atoms with E-state index in [0.717, 1.165) is 50.8 Å². The van der Waals surface area contributed by atoms with Gasteiger partial charge in [-0.25, -0.2) is 0 Å². The number of aliphatic imine (C=N–C) groups is 1. The number of aryl methyl sites for hydroxylation is 1. The smallest absolute Gasteiger partial charge is 0.194 e. The Labute approximate surface area is 191 Å². The van der Waals surface area contributed by atoms with E-state index in [1.165, 1.54) is 10.4 Å². The Morgan fingerprint density at radius 3 is 2.93 bits per heavy atom. The molecule has 0 saturated carbocycles. The van der Waals surface area contributed by atoms with Crippen LogP contribution in [0.5, 0.6) is 0 Å². The van der Waals surface area contributed by atoms with Crippen molar-refractivity contribution in [1.82, 2.24) is 25.0 Å². The average molecular weight is 531 g/mol. The Bertz CT molecular complexity index is 813. The van der Waals surface area contributed by atoms with Crippen LogP contribution in [0.2, 0.25) is 0 Å². The van der Waals surface area contributed by atoms with Crippen molar-refractivity contribution >= 4 is 52.6 Å². The molecule has 28 heavy (non-hydrogen) atoms. The van der Waals surface area contributed by atoms with E-state index in [1.54, 1.807) is 29.0 Å². The number of guanidine groups is 1. The summed E-state index contributed by atoms with van der Waals surface area (Å²) < 4.78 is 2.09. The molecule has 3 aromatic rings. The highest BCUT2D eigenvalue weighted by atomic mass is 127. The molecule has 0 aliphatic carbocycles. The molecular formula is C19H27IN6S2. The van der Waals surface area contributed by atoms with Gasteiger partial charge in [0.15, 0.2) is 5.96 Å². The van der Waals surface area contributed by atoms with E-state index in [2.05, 4.69) is 73.3 Å². The number of thiophene rings is 2. The molecular weight excluding hydrogens is 503 g/mol. The lowest BCUT2D eigenvalue weighted by molar-refractivity contribution is 0.471. The second kappa shape index (κ2) is 12.2. The van der Waals surface area contributed by atoms with Crippen molar-refractivity contribution in [2.24, 2.45) is 4.99 Å². The van der Waals surface area contributed by atoms with Gasteiger partial charge < -0.3 is 14.8 Å². The lowest BCUT2D eigenvalue weighted by Gasteiger charge is -2.22. The average Bonchev–Trinajstić information content (AvgIpc) is 3.43. The topological polar surface area (TPSA) is 58.3 Å². The fourth-order valence-corrected chi connectivity index (χ4v) is 4.16. The zero-order valence-electron chi connectivity index (χ0n) is 16.2. The molecule has 1 N–H and O–H groups in total. The Morgan fingerprint density at radius 1 is 1.32 bits per heavy atom. The van der Waals surface area contributed by atoms with E-state index in [-0.39, 0.29) is 24.0 Å². The molecule has 9 heteroatoms. The van der Waals surface area contributed by atoms with Crippen molar-refractivity contribution < 1.29 is 0 Å². The van der Waals surface area contributed by atoms with Crippen LogP contribution in [-0.4, -0.2) is 45.8 Å². The third-order valence-corrected chi connectivity index (χ3v) is 5.88. The van der Waals surface area contributed by atoms with Gasteiger partial charge in [0.2, 0.25) is 0 Å². The van der Waals surface area contributed by atoms with Crippen molar-refractivity contribution in [3.05, 3.63) is 56.9 Å². The van der Waals surface area contributed by atoms with E-state index in [9.17, 15) is 0 Å². The summed E-state index contributed by atoms with van der Waals surface area (Å²) in [6.07, 6.45) is 3.66. The van der Waals surface area contributed by atoms with E-state index in [1.807, 2.05) is 0 Å². The van der Waals surface area contributed by atoms with Gasteiger partial charge in [-0.2, -0.15) is 11.3 Å². The van der Waals surface area contributed by atoms with Crippen LogP contribution in [0.4, 0.5) is 0 Å². The number of halogens is 1. The number of rotatable bonds is 9. The fourth-order valence-electron chi connectivity index (χ4n) is 2.80. The minimum atomic E-state index is 0. The van der Waals surface area contributed by atoms with Gasteiger partial charge in [-0.3, -0.25) is 4.99 Å². The monoisotopic (exact) mass is 530 g/mol. The summed E-state index contributed by atoms with van der Waals surface area (Å²) in [6.45, 7) is 5.34. The Morgan fingerprint density at radius 2 is 2.21 bits per heavy atom. The molecule has 0 fully saturated rings. The summed E-state index contributed by atoms with van der Waals surface area (Å²) >= 11 is 3.51. The van der Waals surface area contributed by atoms with Gasteiger partial charge in [0, 0.05) is 50.9 Å². The largest absolute Gasteiger partial charge is 0.354 e. The Balaban J connectivity index is 0.00000280. The zero-order valence-corrected chi connectivity index (χ0v) is 20.2. The van der Waals surface area contributed by atoms with Gasteiger partial charge in [-0.1, -0.05) is 13.0 Å². The maximum atomic E-state index is 4.84. The molecule has 0 atom stereocenters. The molecule has 0 unspecified atom stereocenters. The van der Waals surface area contributed by atoms with Crippen LogP contribution >= 0.6 is 46.7 Å². The summed E-state index contributed by atoms with van der Waals surface area (Å²) in [7, 11) is 2.09. The summed E-state index contributed by atoms with van der Waals surface area (Å²) in [5.41, 5.74) is 1.31. The summed E-state index contributed by atoms with van der Waals surface area (Å²) in [5.74, 6) is 1.95. The number of nitrogens with zero attached hydrogens (tertiary/aromatic N) is 5. The first kappa shape index (κ1) is 22.8. The van der Waals surface area contributed by atoms with Gasteiger partial charge in [0.25, 0.3) is 0 Å². The van der Waals surface area contributed by atoms with Gasteiger partial charge in [-0.05, 0) is 33.8 Å². The molecule has 6 nitrogen and oxygen atoms in total. The molecule has 3 heterocycles. The molecule has 0 aliphatic rings.